The van der Waals surface area contributed by atoms with Crippen molar-refractivity contribution in [1.82, 2.24) is 10.2 Å². The first-order chi connectivity index (χ1) is 11.8. The number of amides is 1. The quantitative estimate of drug-likeness (QED) is 0.738. The fourth-order valence-corrected chi connectivity index (χ4v) is 3.21. The van der Waals surface area contributed by atoms with E-state index in [1.165, 1.54) is 0 Å². The number of carbonyl (C=O) groups is 1. The number of benzene rings is 2. The van der Waals surface area contributed by atoms with Gasteiger partial charge in [-0.15, -0.1) is 10.2 Å². The van der Waals surface area contributed by atoms with Crippen molar-refractivity contribution in [2.45, 2.75) is 13.8 Å². The number of nitrogens with one attached hydrogen (secondary N) is 1. The minimum absolute atomic E-state index is 0.142. The number of hydrogen-bond acceptors (Lipinski definition) is 5. The average Bonchev–Trinajstić information content (AvgIpc) is 2.94. The molecule has 1 aromatic heterocycles. The molecule has 0 fully saturated rings. The van der Waals surface area contributed by atoms with Crippen molar-refractivity contribution < 1.29 is 18.7 Å². The summed E-state index contributed by atoms with van der Waals surface area (Å²) in [6, 6.07) is 7.03. The predicted molar refractivity (Wildman–Crippen MR) is 90.8 cm³/mol. The van der Waals surface area contributed by atoms with Gasteiger partial charge in [0.1, 0.15) is 28.0 Å². The first kappa shape index (κ1) is 17.0. The zero-order valence-electron chi connectivity index (χ0n) is 13.3. The molecule has 3 aromatic rings. The maximum atomic E-state index is 13.7. The van der Waals surface area contributed by atoms with Crippen molar-refractivity contribution >= 4 is 22.4 Å². The molecule has 0 aliphatic rings. The van der Waals surface area contributed by atoms with Gasteiger partial charge in [-0.1, -0.05) is 35.1 Å². The third-order valence-corrected chi connectivity index (χ3v) is 4.39. The van der Waals surface area contributed by atoms with Gasteiger partial charge >= 0.3 is 0 Å². The van der Waals surface area contributed by atoms with Crippen LogP contribution in [-0.2, 0) is 0 Å². The third kappa shape index (κ3) is 3.48. The Morgan fingerprint density at radius 3 is 2.60 bits per heavy atom. The fraction of sp³-hybridized carbons (Fsp3) is 0.118. The molecule has 0 unspecified atom stereocenters. The smallest absolute Gasteiger partial charge is 0.264 e. The van der Waals surface area contributed by atoms with Gasteiger partial charge in [0, 0.05) is 17.7 Å². The summed E-state index contributed by atoms with van der Waals surface area (Å²) in [5.41, 5.74) is 2.35. The lowest BCUT2D eigenvalue weighted by molar-refractivity contribution is 0.102. The Hall–Kier alpha value is -2.87. The molecule has 3 rings (SSSR count). The summed E-state index contributed by atoms with van der Waals surface area (Å²) in [5, 5.41) is 20.6. The van der Waals surface area contributed by atoms with Crippen LogP contribution in [0.1, 0.15) is 21.5 Å². The molecular formula is C17H13F2N3O2S. The number of anilines is 1. The summed E-state index contributed by atoms with van der Waals surface area (Å²) in [6.45, 7) is 3.92. The molecule has 2 aromatic carbocycles. The number of phenols is 1. The van der Waals surface area contributed by atoms with E-state index in [2.05, 4.69) is 15.5 Å². The Balaban J connectivity index is 1.85. The average molecular weight is 361 g/mol. The highest BCUT2D eigenvalue weighted by atomic mass is 32.1. The van der Waals surface area contributed by atoms with Crippen LogP contribution >= 0.6 is 11.3 Å². The van der Waals surface area contributed by atoms with Gasteiger partial charge in [-0.3, -0.25) is 10.1 Å². The van der Waals surface area contributed by atoms with Crippen LogP contribution in [-0.4, -0.2) is 21.2 Å². The largest absolute Gasteiger partial charge is 0.507 e. The number of aryl methyl sites for hydroxylation is 2. The Kier molecular flexibility index (Phi) is 4.45. The topological polar surface area (TPSA) is 75.1 Å². The molecular weight excluding hydrogens is 348 g/mol. The maximum Gasteiger partial charge on any atom is 0.264 e. The molecule has 8 heteroatoms. The Morgan fingerprint density at radius 1 is 1.16 bits per heavy atom. The zero-order valence-corrected chi connectivity index (χ0v) is 14.1. The van der Waals surface area contributed by atoms with E-state index in [1.54, 1.807) is 0 Å². The van der Waals surface area contributed by atoms with E-state index in [0.29, 0.717) is 17.1 Å². The molecule has 128 valence electrons. The first-order valence-electron chi connectivity index (χ1n) is 7.25. The molecule has 2 N–H and O–H groups in total. The van der Waals surface area contributed by atoms with Gasteiger partial charge in [0.25, 0.3) is 5.91 Å². The molecule has 1 amide bonds. The summed E-state index contributed by atoms with van der Waals surface area (Å²) in [7, 11) is 0. The van der Waals surface area contributed by atoms with Gasteiger partial charge < -0.3 is 5.11 Å². The van der Waals surface area contributed by atoms with Crippen LogP contribution in [0.2, 0.25) is 0 Å². The highest BCUT2D eigenvalue weighted by Crippen LogP contribution is 2.30. The summed E-state index contributed by atoms with van der Waals surface area (Å²) in [6.07, 6.45) is 0. The summed E-state index contributed by atoms with van der Waals surface area (Å²) in [5.74, 6) is -3.85. The molecule has 0 aliphatic heterocycles. The van der Waals surface area contributed by atoms with E-state index in [-0.39, 0.29) is 5.13 Å². The number of hydrogen-bond donors (Lipinski definition) is 2. The van der Waals surface area contributed by atoms with Crippen LogP contribution in [0.4, 0.5) is 13.9 Å². The number of phenolic OH excluding ortho intramolecular Hbond substituents is 1. The van der Waals surface area contributed by atoms with Gasteiger partial charge in [0.2, 0.25) is 5.13 Å². The van der Waals surface area contributed by atoms with Crippen molar-refractivity contribution in [1.29, 1.82) is 0 Å². The summed E-state index contributed by atoms with van der Waals surface area (Å²) in [4.78, 5) is 12.1. The number of rotatable bonds is 3. The van der Waals surface area contributed by atoms with Crippen LogP contribution in [0.15, 0.2) is 30.3 Å². The molecule has 1 heterocycles. The molecule has 0 saturated carbocycles. The van der Waals surface area contributed by atoms with Crippen LogP contribution in [0.5, 0.6) is 5.75 Å². The van der Waals surface area contributed by atoms with Crippen molar-refractivity contribution in [2.75, 3.05) is 5.32 Å². The number of aromatic hydroxyl groups is 1. The first-order valence-corrected chi connectivity index (χ1v) is 8.07. The van der Waals surface area contributed by atoms with Gasteiger partial charge in [-0.2, -0.15) is 0 Å². The number of carbonyl (C=O) groups excluding carboxylic acids is 1. The molecule has 0 atom stereocenters. The van der Waals surface area contributed by atoms with Crippen molar-refractivity contribution in [3.05, 3.63) is 58.7 Å². The zero-order chi connectivity index (χ0) is 18.1. The van der Waals surface area contributed by atoms with E-state index in [0.717, 1.165) is 28.0 Å². The second-order valence-electron chi connectivity index (χ2n) is 5.47. The Bertz CT molecular complexity index is 949. The minimum atomic E-state index is -1.16. The van der Waals surface area contributed by atoms with Crippen LogP contribution in [0.3, 0.4) is 0 Å². The second-order valence-corrected chi connectivity index (χ2v) is 6.44. The lowest BCUT2D eigenvalue weighted by atomic mass is 10.1. The molecule has 25 heavy (non-hydrogen) atoms. The van der Waals surface area contributed by atoms with E-state index in [4.69, 9.17) is 0 Å². The van der Waals surface area contributed by atoms with Gasteiger partial charge in [-0.25, -0.2) is 8.78 Å². The highest BCUT2D eigenvalue weighted by Gasteiger charge is 2.20. The van der Waals surface area contributed by atoms with Gasteiger partial charge in [0.15, 0.2) is 0 Å². The molecule has 0 spiro atoms. The highest BCUT2D eigenvalue weighted by molar-refractivity contribution is 7.18. The van der Waals surface area contributed by atoms with Gasteiger partial charge in [0.05, 0.1) is 0 Å². The van der Waals surface area contributed by atoms with Crippen LogP contribution in [0, 0.1) is 25.5 Å². The minimum Gasteiger partial charge on any atom is -0.507 e. The normalized spacial score (nSPS) is 10.7. The Morgan fingerprint density at radius 2 is 1.92 bits per heavy atom. The summed E-state index contributed by atoms with van der Waals surface area (Å²) < 4.78 is 26.7. The number of aromatic nitrogens is 2. The van der Waals surface area contributed by atoms with E-state index >= 15 is 0 Å². The second kappa shape index (κ2) is 6.56. The van der Waals surface area contributed by atoms with E-state index < -0.39 is 28.9 Å². The van der Waals surface area contributed by atoms with Crippen LogP contribution < -0.4 is 5.32 Å². The molecule has 0 bridgehead atoms. The predicted octanol–water partition coefficient (Wildman–Crippen LogP) is 4.06. The molecule has 0 saturated heterocycles. The van der Waals surface area contributed by atoms with Crippen molar-refractivity contribution in [3.8, 4) is 16.3 Å². The van der Waals surface area contributed by atoms with Crippen molar-refractivity contribution in [3.63, 3.8) is 0 Å². The lowest BCUT2D eigenvalue weighted by Crippen LogP contribution is -2.14. The SMILES string of the molecule is Cc1ccc(-c2nnc(NC(=O)c3c(O)cc(F)cc3F)s2)c(C)c1. The monoisotopic (exact) mass is 361 g/mol. The lowest BCUT2D eigenvalue weighted by Gasteiger charge is -2.05. The van der Waals surface area contributed by atoms with E-state index in [1.807, 2.05) is 32.0 Å². The maximum absolute atomic E-state index is 13.7. The molecule has 5 nitrogen and oxygen atoms in total. The summed E-state index contributed by atoms with van der Waals surface area (Å²) >= 11 is 1.11. The number of halogens is 2. The molecule has 0 aliphatic carbocycles. The third-order valence-electron chi connectivity index (χ3n) is 3.52. The molecule has 0 radical (unpaired) electrons. The standard InChI is InChI=1S/C17H13F2N3O2S/c1-8-3-4-11(9(2)5-8)16-21-22-17(25-16)20-15(24)14-12(19)6-10(18)7-13(14)23/h3-7,23H,1-2H3,(H,20,22,24). The number of nitrogens with zero attached hydrogens (tertiary/aromatic N) is 2. The van der Waals surface area contributed by atoms with Crippen LogP contribution in [0.25, 0.3) is 10.6 Å². The Labute approximate surface area is 146 Å². The fourth-order valence-electron chi connectivity index (χ4n) is 2.38. The van der Waals surface area contributed by atoms with Crippen molar-refractivity contribution in [2.24, 2.45) is 0 Å². The van der Waals surface area contributed by atoms with Gasteiger partial charge in [-0.05, 0) is 19.4 Å². The van der Waals surface area contributed by atoms with E-state index in [9.17, 15) is 18.7 Å².